The van der Waals surface area contributed by atoms with E-state index in [-0.39, 0.29) is 10.8 Å². The monoisotopic (exact) mass is 491 g/mol. The number of hydrogen-bond acceptors (Lipinski definition) is 6. The van der Waals surface area contributed by atoms with Gasteiger partial charge in [0.15, 0.2) is 0 Å². The highest BCUT2D eigenvalue weighted by molar-refractivity contribution is 7.92. The van der Waals surface area contributed by atoms with E-state index in [1.165, 1.54) is 18.6 Å². The number of fused-ring (bicyclic) bond motifs is 1. The minimum Gasteiger partial charge on any atom is -0.382 e. The minimum atomic E-state index is -3.95. The molecule has 35 heavy (non-hydrogen) atoms. The maximum atomic E-state index is 13.3. The van der Waals surface area contributed by atoms with Gasteiger partial charge in [-0.25, -0.2) is 22.8 Å². The van der Waals surface area contributed by atoms with Crippen molar-refractivity contribution in [3.8, 4) is 11.3 Å². The van der Waals surface area contributed by atoms with Crippen LogP contribution in [0.15, 0.2) is 59.6 Å². The molecule has 5 rings (SSSR count). The molecule has 0 atom stereocenters. The second kappa shape index (κ2) is 9.22. The van der Waals surface area contributed by atoms with Crippen LogP contribution in [0.2, 0.25) is 0 Å². The van der Waals surface area contributed by atoms with Crippen molar-refractivity contribution in [2.24, 2.45) is 0 Å². The molecule has 7 nitrogen and oxygen atoms in total. The fourth-order valence-electron chi connectivity index (χ4n) is 4.77. The number of nitrogens with two attached hydrogens (primary N) is 1. The normalized spacial score (nSPS) is 14.8. The van der Waals surface area contributed by atoms with E-state index in [1.807, 2.05) is 19.1 Å². The summed E-state index contributed by atoms with van der Waals surface area (Å²) in [5.41, 5.74) is 10.9. The van der Waals surface area contributed by atoms with Crippen molar-refractivity contribution in [1.29, 1.82) is 0 Å². The Morgan fingerprint density at radius 3 is 2.49 bits per heavy atom. The zero-order valence-corrected chi connectivity index (χ0v) is 20.1. The fraction of sp³-hybridized carbons (Fsp3) is 0.269. The van der Waals surface area contributed by atoms with Crippen LogP contribution in [0.3, 0.4) is 0 Å². The smallest absolute Gasteiger partial charge is 0.261 e. The summed E-state index contributed by atoms with van der Waals surface area (Å²) in [6, 6.07) is 11.8. The molecule has 2 aromatic heterocycles. The number of anilines is 2. The summed E-state index contributed by atoms with van der Waals surface area (Å²) >= 11 is 0. The van der Waals surface area contributed by atoms with Crippen molar-refractivity contribution in [3.63, 3.8) is 0 Å². The van der Waals surface area contributed by atoms with Gasteiger partial charge >= 0.3 is 0 Å². The molecule has 0 spiro atoms. The van der Waals surface area contributed by atoms with E-state index >= 15 is 0 Å². The number of pyridine rings is 1. The Hall–Kier alpha value is -3.59. The highest BCUT2D eigenvalue weighted by Gasteiger charge is 2.26. The topological polar surface area (TPSA) is 111 Å². The lowest BCUT2D eigenvalue weighted by atomic mass is 9.80. The lowest BCUT2D eigenvalue weighted by Crippen LogP contribution is -2.15. The molecule has 0 aliphatic heterocycles. The Kier molecular flexibility index (Phi) is 6.10. The number of nitrogens with one attached hydrogen (secondary N) is 1. The summed E-state index contributed by atoms with van der Waals surface area (Å²) in [6.45, 7) is 1.84. The van der Waals surface area contributed by atoms with E-state index in [1.54, 1.807) is 18.3 Å². The highest BCUT2D eigenvalue weighted by atomic mass is 32.2. The maximum Gasteiger partial charge on any atom is 0.261 e. The summed E-state index contributed by atoms with van der Waals surface area (Å²) in [4.78, 5) is 13.9. The van der Waals surface area contributed by atoms with Crippen molar-refractivity contribution >= 4 is 32.6 Å². The molecule has 1 aliphatic rings. The highest BCUT2D eigenvalue weighted by Crippen LogP contribution is 2.42. The molecule has 1 aliphatic carbocycles. The number of hydrogen-bond donors (Lipinski definition) is 2. The minimum absolute atomic E-state index is 0.0308. The van der Waals surface area contributed by atoms with Crippen LogP contribution >= 0.6 is 0 Å². The van der Waals surface area contributed by atoms with Gasteiger partial charge in [-0.1, -0.05) is 25.3 Å². The number of rotatable bonds is 5. The van der Waals surface area contributed by atoms with Crippen LogP contribution in [0.25, 0.3) is 22.3 Å². The largest absolute Gasteiger partial charge is 0.382 e. The first-order chi connectivity index (χ1) is 16.8. The zero-order chi connectivity index (χ0) is 24.6. The van der Waals surface area contributed by atoms with E-state index < -0.39 is 15.8 Å². The molecule has 1 fully saturated rings. The van der Waals surface area contributed by atoms with Gasteiger partial charge in [0.2, 0.25) is 0 Å². The molecule has 4 aromatic rings. The fourth-order valence-corrected chi connectivity index (χ4v) is 5.84. The van der Waals surface area contributed by atoms with Crippen LogP contribution in [0, 0.1) is 12.7 Å². The summed E-state index contributed by atoms with van der Waals surface area (Å²) < 4.78 is 42.2. The van der Waals surface area contributed by atoms with E-state index in [4.69, 9.17) is 10.7 Å². The van der Waals surface area contributed by atoms with E-state index in [2.05, 4.69) is 14.7 Å². The SMILES string of the molecule is Cc1nc2c(C3CCCCC3)c(-c3ncccc3NS(=O)(=O)c3ccc(F)cc3)ccc2nc1N. The van der Waals surface area contributed by atoms with Gasteiger partial charge in [0.25, 0.3) is 10.0 Å². The standard InChI is InChI=1S/C26H26FN5O2S/c1-16-26(28)31-21-14-13-20(23(25(21)30-16)17-6-3-2-4-7-17)24-22(8-5-15-29-24)32-35(33,34)19-11-9-18(27)10-12-19/h5,8-15,17,32H,2-4,6-7H2,1H3,(H2,28,31). The molecule has 0 unspecified atom stereocenters. The van der Waals surface area contributed by atoms with Crippen molar-refractivity contribution in [2.75, 3.05) is 10.5 Å². The number of nitrogen functional groups attached to an aromatic ring is 1. The second-order valence-electron chi connectivity index (χ2n) is 8.88. The quantitative estimate of drug-likeness (QED) is 0.378. The summed E-state index contributed by atoms with van der Waals surface area (Å²) in [6.07, 6.45) is 7.10. The Labute approximate surface area is 203 Å². The lowest BCUT2D eigenvalue weighted by molar-refractivity contribution is 0.445. The molecule has 180 valence electrons. The van der Waals surface area contributed by atoms with Crippen LogP contribution in [0.4, 0.5) is 15.9 Å². The van der Waals surface area contributed by atoms with Gasteiger partial charge in [-0.2, -0.15) is 0 Å². The second-order valence-corrected chi connectivity index (χ2v) is 10.6. The molecule has 2 heterocycles. The molecule has 0 amide bonds. The Morgan fingerprint density at radius 2 is 1.74 bits per heavy atom. The third kappa shape index (κ3) is 4.55. The third-order valence-electron chi connectivity index (χ3n) is 6.53. The average molecular weight is 492 g/mol. The number of halogens is 1. The maximum absolute atomic E-state index is 13.3. The van der Waals surface area contributed by atoms with Gasteiger partial charge in [-0.05, 0) is 73.7 Å². The van der Waals surface area contributed by atoms with Gasteiger partial charge < -0.3 is 5.73 Å². The molecule has 0 bridgehead atoms. The first kappa shape index (κ1) is 23.2. The first-order valence-corrected chi connectivity index (χ1v) is 13.1. The van der Waals surface area contributed by atoms with E-state index in [0.29, 0.717) is 28.4 Å². The molecular formula is C26H26FN5O2S. The van der Waals surface area contributed by atoms with Gasteiger partial charge in [0, 0.05) is 11.8 Å². The van der Waals surface area contributed by atoms with Gasteiger partial charge in [0.05, 0.1) is 33.0 Å². The number of aryl methyl sites for hydroxylation is 1. The predicted octanol–water partition coefficient (Wildman–Crippen LogP) is 5.57. The Bertz CT molecular complexity index is 1500. The van der Waals surface area contributed by atoms with Crippen LogP contribution in [-0.2, 0) is 10.0 Å². The molecule has 0 radical (unpaired) electrons. The number of nitrogens with zero attached hydrogens (tertiary/aromatic N) is 3. The van der Waals surface area contributed by atoms with E-state index in [0.717, 1.165) is 54.5 Å². The molecule has 2 aromatic carbocycles. The van der Waals surface area contributed by atoms with Crippen molar-refractivity contribution in [3.05, 3.63) is 71.8 Å². The van der Waals surface area contributed by atoms with Gasteiger partial charge in [-0.15, -0.1) is 0 Å². The molecule has 3 N–H and O–H groups in total. The molecule has 1 saturated carbocycles. The summed E-state index contributed by atoms with van der Waals surface area (Å²) in [5, 5.41) is 0. The molecular weight excluding hydrogens is 465 g/mol. The summed E-state index contributed by atoms with van der Waals surface area (Å²) in [7, 11) is -3.95. The average Bonchev–Trinajstić information content (AvgIpc) is 2.85. The van der Waals surface area contributed by atoms with Gasteiger partial charge in [-0.3, -0.25) is 9.71 Å². The lowest BCUT2D eigenvalue weighted by Gasteiger charge is -2.26. The van der Waals surface area contributed by atoms with Crippen LogP contribution in [0.5, 0.6) is 0 Å². The third-order valence-corrected chi connectivity index (χ3v) is 7.91. The van der Waals surface area contributed by atoms with E-state index in [9.17, 15) is 12.8 Å². The predicted molar refractivity (Wildman–Crippen MR) is 135 cm³/mol. The molecule has 9 heteroatoms. The Morgan fingerprint density at radius 1 is 1.00 bits per heavy atom. The number of aromatic nitrogens is 3. The molecule has 0 saturated heterocycles. The van der Waals surface area contributed by atoms with Crippen LogP contribution < -0.4 is 10.5 Å². The van der Waals surface area contributed by atoms with Crippen LogP contribution in [-0.4, -0.2) is 23.4 Å². The Balaban J connectivity index is 1.67. The van der Waals surface area contributed by atoms with Crippen molar-refractivity contribution in [2.45, 2.75) is 49.8 Å². The zero-order valence-electron chi connectivity index (χ0n) is 19.3. The van der Waals surface area contributed by atoms with Crippen LogP contribution in [0.1, 0.15) is 49.3 Å². The van der Waals surface area contributed by atoms with Crippen molar-refractivity contribution in [1.82, 2.24) is 15.0 Å². The number of benzene rings is 2. The van der Waals surface area contributed by atoms with Gasteiger partial charge in [0.1, 0.15) is 11.6 Å². The number of sulfonamides is 1. The van der Waals surface area contributed by atoms with Crippen molar-refractivity contribution < 1.29 is 12.8 Å². The summed E-state index contributed by atoms with van der Waals surface area (Å²) in [5.74, 6) is 0.144. The first-order valence-electron chi connectivity index (χ1n) is 11.6.